The van der Waals surface area contributed by atoms with Gasteiger partial charge in [-0.3, -0.25) is 4.90 Å². The van der Waals surface area contributed by atoms with Crippen LogP contribution in [-0.2, 0) is 4.74 Å². The Morgan fingerprint density at radius 1 is 1.47 bits per heavy atom. The van der Waals surface area contributed by atoms with E-state index in [1.807, 2.05) is 19.1 Å². The zero-order valence-corrected chi connectivity index (χ0v) is 10.9. The molecule has 17 heavy (non-hydrogen) atoms. The van der Waals surface area contributed by atoms with Gasteiger partial charge in [0.1, 0.15) is 11.5 Å². The fraction of sp³-hybridized carbons (Fsp3) is 0.692. The third-order valence-electron chi connectivity index (χ3n) is 3.21. The van der Waals surface area contributed by atoms with E-state index in [4.69, 9.17) is 14.9 Å². The summed E-state index contributed by atoms with van der Waals surface area (Å²) in [6, 6.07) is 4.17. The normalized spacial score (nSPS) is 22.6. The van der Waals surface area contributed by atoms with Crippen molar-refractivity contribution in [3.8, 4) is 0 Å². The summed E-state index contributed by atoms with van der Waals surface area (Å²) in [6.07, 6.45) is 0. The van der Waals surface area contributed by atoms with Gasteiger partial charge >= 0.3 is 0 Å². The smallest absolute Gasteiger partial charge is 0.122 e. The Kier molecular flexibility index (Phi) is 3.56. The summed E-state index contributed by atoms with van der Waals surface area (Å²) in [4.78, 5) is 2.35. The maximum Gasteiger partial charge on any atom is 0.122 e. The van der Waals surface area contributed by atoms with E-state index in [2.05, 4.69) is 18.7 Å². The number of ether oxygens (including phenoxy) is 1. The van der Waals surface area contributed by atoms with E-state index in [9.17, 15) is 0 Å². The van der Waals surface area contributed by atoms with Gasteiger partial charge < -0.3 is 14.9 Å². The highest BCUT2D eigenvalue weighted by Gasteiger charge is 2.32. The fourth-order valence-electron chi connectivity index (χ4n) is 2.40. The van der Waals surface area contributed by atoms with E-state index >= 15 is 0 Å². The zero-order chi connectivity index (χ0) is 12.5. The highest BCUT2D eigenvalue weighted by molar-refractivity contribution is 5.11. The van der Waals surface area contributed by atoms with Gasteiger partial charge in [-0.25, -0.2) is 0 Å². The lowest BCUT2D eigenvalue weighted by Gasteiger charge is -2.41. The van der Waals surface area contributed by atoms with Crippen molar-refractivity contribution in [3.63, 3.8) is 0 Å². The van der Waals surface area contributed by atoms with Crippen LogP contribution < -0.4 is 5.73 Å². The highest BCUT2D eigenvalue weighted by atomic mass is 16.5. The monoisotopic (exact) mass is 238 g/mol. The van der Waals surface area contributed by atoms with Crippen molar-refractivity contribution in [3.05, 3.63) is 23.7 Å². The van der Waals surface area contributed by atoms with E-state index in [0.29, 0.717) is 6.54 Å². The van der Waals surface area contributed by atoms with E-state index in [1.54, 1.807) is 0 Å². The van der Waals surface area contributed by atoms with E-state index in [-0.39, 0.29) is 11.6 Å². The maximum atomic E-state index is 5.89. The predicted molar refractivity (Wildman–Crippen MR) is 66.8 cm³/mol. The number of aryl methyl sites for hydroxylation is 1. The molecule has 0 aliphatic carbocycles. The maximum absolute atomic E-state index is 5.89. The van der Waals surface area contributed by atoms with Crippen molar-refractivity contribution >= 4 is 0 Å². The van der Waals surface area contributed by atoms with Gasteiger partial charge in [0.2, 0.25) is 0 Å². The van der Waals surface area contributed by atoms with Gasteiger partial charge in [-0.1, -0.05) is 0 Å². The average Bonchev–Trinajstić information content (AvgIpc) is 2.64. The first-order chi connectivity index (χ1) is 8.02. The minimum Gasteiger partial charge on any atom is -0.465 e. The van der Waals surface area contributed by atoms with Crippen LogP contribution in [0.1, 0.15) is 31.4 Å². The number of furan rings is 1. The van der Waals surface area contributed by atoms with E-state index in [1.165, 1.54) is 0 Å². The van der Waals surface area contributed by atoms with Crippen molar-refractivity contribution in [1.82, 2.24) is 4.90 Å². The molecule has 1 aliphatic rings. The van der Waals surface area contributed by atoms with Crippen molar-refractivity contribution in [2.75, 3.05) is 26.2 Å². The van der Waals surface area contributed by atoms with Crippen LogP contribution in [0.5, 0.6) is 0 Å². The number of hydrogen-bond donors (Lipinski definition) is 1. The Bertz CT molecular complexity index is 373. The molecule has 0 aromatic carbocycles. The van der Waals surface area contributed by atoms with Crippen LogP contribution in [0.2, 0.25) is 0 Å². The van der Waals surface area contributed by atoms with Crippen LogP contribution >= 0.6 is 0 Å². The van der Waals surface area contributed by atoms with Gasteiger partial charge in [0.05, 0.1) is 18.2 Å². The molecular weight excluding hydrogens is 216 g/mol. The highest BCUT2D eigenvalue weighted by Crippen LogP contribution is 2.27. The molecule has 2 N–H and O–H groups in total. The minimum atomic E-state index is -0.104. The Hall–Kier alpha value is -0.840. The molecule has 0 spiro atoms. The Morgan fingerprint density at radius 2 is 2.24 bits per heavy atom. The van der Waals surface area contributed by atoms with Crippen molar-refractivity contribution < 1.29 is 9.15 Å². The molecule has 0 amide bonds. The molecule has 1 atom stereocenters. The molecule has 2 heterocycles. The number of nitrogens with zero attached hydrogens (tertiary/aromatic N) is 1. The van der Waals surface area contributed by atoms with Gasteiger partial charge in [-0.15, -0.1) is 0 Å². The standard InChI is InChI=1S/C13H22N2O2/c1-10-4-5-12(17-10)11(8-14)15-6-7-16-13(2,3)9-15/h4-5,11H,6-9,14H2,1-3H3. The molecule has 0 saturated carbocycles. The Morgan fingerprint density at radius 3 is 2.76 bits per heavy atom. The lowest BCUT2D eigenvalue weighted by molar-refractivity contribution is -0.0985. The van der Waals surface area contributed by atoms with Crippen molar-refractivity contribution in [2.24, 2.45) is 5.73 Å². The average molecular weight is 238 g/mol. The van der Waals surface area contributed by atoms with Crippen molar-refractivity contribution in [2.45, 2.75) is 32.4 Å². The number of morpholine rings is 1. The molecular formula is C13H22N2O2. The first-order valence-electron chi connectivity index (χ1n) is 6.16. The first-order valence-corrected chi connectivity index (χ1v) is 6.16. The summed E-state index contributed by atoms with van der Waals surface area (Å²) < 4.78 is 11.4. The molecule has 4 heteroatoms. The molecule has 1 aromatic rings. The summed E-state index contributed by atoms with van der Waals surface area (Å²) in [6.45, 7) is 9.30. The molecule has 1 unspecified atom stereocenters. The fourth-order valence-corrected chi connectivity index (χ4v) is 2.40. The third kappa shape index (κ3) is 2.89. The molecule has 96 valence electrons. The largest absolute Gasteiger partial charge is 0.465 e. The van der Waals surface area contributed by atoms with Crippen LogP contribution in [0.15, 0.2) is 16.5 Å². The van der Waals surface area contributed by atoms with Crippen molar-refractivity contribution in [1.29, 1.82) is 0 Å². The molecule has 0 radical (unpaired) electrons. The minimum absolute atomic E-state index is 0.104. The first kappa shape index (κ1) is 12.6. The van der Waals surface area contributed by atoms with Gasteiger partial charge in [0.25, 0.3) is 0 Å². The molecule has 4 nitrogen and oxygen atoms in total. The van der Waals surface area contributed by atoms with Crippen LogP contribution in [0.25, 0.3) is 0 Å². The molecule has 1 aromatic heterocycles. The molecule has 2 rings (SSSR count). The second-order valence-corrected chi connectivity index (χ2v) is 5.28. The SMILES string of the molecule is Cc1ccc(C(CN)N2CCOC(C)(C)C2)o1. The lowest BCUT2D eigenvalue weighted by atomic mass is 10.0. The summed E-state index contributed by atoms with van der Waals surface area (Å²) in [7, 11) is 0. The van der Waals surface area contributed by atoms with E-state index in [0.717, 1.165) is 31.2 Å². The summed E-state index contributed by atoms with van der Waals surface area (Å²) in [5.41, 5.74) is 5.79. The summed E-state index contributed by atoms with van der Waals surface area (Å²) >= 11 is 0. The van der Waals surface area contributed by atoms with Gasteiger partial charge in [0, 0.05) is 19.6 Å². The topological polar surface area (TPSA) is 51.6 Å². The zero-order valence-electron chi connectivity index (χ0n) is 10.9. The number of hydrogen-bond acceptors (Lipinski definition) is 4. The molecule has 1 aliphatic heterocycles. The van der Waals surface area contributed by atoms with Gasteiger partial charge in [-0.2, -0.15) is 0 Å². The molecule has 1 fully saturated rings. The second-order valence-electron chi connectivity index (χ2n) is 5.28. The van der Waals surface area contributed by atoms with Crippen LogP contribution in [0.3, 0.4) is 0 Å². The molecule has 0 bridgehead atoms. The lowest BCUT2D eigenvalue weighted by Crippen LogP contribution is -2.50. The van der Waals surface area contributed by atoms with Gasteiger partial charge in [0.15, 0.2) is 0 Å². The van der Waals surface area contributed by atoms with Crippen LogP contribution in [0, 0.1) is 6.92 Å². The quantitative estimate of drug-likeness (QED) is 0.870. The number of rotatable bonds is 3. The Balaban J connectivity index is 2.13. The van der Waals surface area contributed by atoms with Crippen LogP contribution in [-0.4, -0.2) is 36.7 Å². The Labute approximate surface area is 103 Å². The third-order valence-corrected chi connectivity index (χ3v) is 3.21. The predicted octanol–water partition coefficient (Wildman–Crippen LogP) is 1.70. The number of nitrogens with two attached hydrogens (primary N) is 1. The van der Waals surface area contributed by atoms with Gasteiger partial charge in [-0.05, 0) is 32.9 Å². The van der Waals surface area contributed by atoms with E-state index < -0.39 is 0 Å². The molecule has 1 saturated heterocycles. The summed E-state index contributed by atoms with van der Waals surface area (Å²) in [5.74, 6) is 1.90. The second kappa shape index (κ2) is 4.80. The summed E-state index contributed by atoms with van der Waals surface area (Å²) in [5, 5.41) is 0. The van der Waals surface area contributed by atoms with Crippen LogP contribution in [0.4, 0.5) is 0 Å².